The van der Waals surface area contributed by atoms with E-state index in [0.29, 0.717) is 16.9 Å². The molecule has 1 amide bonds. The molecule has 0 aliphatic heterocycles. The van der Waals surface area contributed by atoms with Crippen LogP contribution in [0.5, 0.6) is 0 Å². The highest BCUT2D eigenvalue weighted by molar-refractivity contribution is 5.96. The minimum atomic E-state index is -0.127. The fourth-order valence-corrected chi connectivity index (χ4v) is 1.12. The van der Waals surface area contributed by atoms with Crippen LogP contribution in [-0.2, 0) is 0 Å². The fourth-order valence-electron chi connectivity index (χ4n) is 1.12. The average Bonchev–Trinajstić information content (AvgIpc) is 2.08. The summed E-state index contributed by atoms with van der Waals surface area (Å²) in [4.78, 5) is 15.6. The molecule has 0 aromatic carbocycles. The van der Waals surface area contributed by atoms with E-state index in [1.165, 1.54) is 0 Å². The maximum absolute atomic E-state index is 11.6. The van der Waals surface area contributed by atoms with Crippen LogP contribution in [0.1, 0.15) is 29.9 Å². The molecule has 0 unspecified atom stereocenters. The SMILES string of the molecule is Cc1ncc(N)cc1C(=O)NC(C)C. The number of hydrogen-bond donors (Lipinski definition) is 2. The maximum atomic E-state index is 11.6. The third-order valence-electron chi connectivity index (χ3n) is 1.77. The summed E-state index contributed by atoms with van der Waals surface area (Å²) in [6.07, 6.45) is 1.54. The zero-order chi connectivity index (χ0) is 10.7. The molecule has 0 saturated carbocycles. The van der Waals surface area contributed by atoms with E-state index in [1.54, 1.807) is 19.2 Å². The molecule has 0 atom stereocenters. The first-order chi connectivity index (χ1) is 6.50. The van der Waals surface area contributed by atoms with E-state index < -0.39 is 0 Å². The van der Waals surface area contributed by atoms with E-state index in [4.69, 9.17) is 5.73 Å². The van der Waals surface area contributed by atoms with E-state index in [2.05, 4.69) is 10.3 Å². The third-order valence-corrected chi connectivity index (χ3v) is 1.77. The van der Waals surface area contributed by atoms with Crippen LogP contribution >= 0.6 is 0 Å². The summed E-state index contributed by atoms with van der Waals surface area (Å²) in [5.41, 5.74) is 7.29. The second-order valence-electron chi connectivity index (χ2n) is 3.53. The zero-order valence-electron chi connectivity index (χ0n) is 8.66. The van der Waals surface area contributed by atoms with Gasteiger partial charge in [-0.3, -0.25) is 9.78 Å². The van der Waals surface area contributed by atoms with Crippen LogP contribution in [0.2, 0.25) is 0 Å². The first kappa shape index (κ1) is 10.5. The number of nitrogens with zero attached hydrogens (tertiary/aromatic N) is 1. The Morgan fingerprint density at radius 1 is 1.57 bits per heavy atom. The Hall–Kier alpha value is -1.58. The quantitative estimate of drug-likeness (QED) is 0.739. The molecule has 1 aromatic rings. The minimum absolute atomic E-state index is 0.114. The standard InChI is InChI=1S/C10H15N3O/c1-6(2)13-10(14)9-4-8(11)5-12-7(9)3/h4-6H,11H2,1-3H3,(H,13,14). The highest BCUT2D eigenvalue weighted by atomic mass is 16.1. The number of nitrogens with two attached hydrogens (primary N) is 1. The number of aryl methyl sites for hydroxylation is 1. The highest BCUT2D eigenvalue weighted by Crippen LogP contribution is 2.09. The average molecular weight is 193 g/mol. The number of amides is 1. The number of nitrogens with one attached hydrogen (secondary N) is 1. The monoisotopic (exact) mass is 193 g/mol. The molecule has 4 nitrogen and oxygen atoms in total. The van der Waals surface area contributed by atoms with Crippen molar-refractivity contribution in [1.82, 2.24) is 10.3 Å². The van der Waals surface area contributed by atoms with Crippen LogP contribution in [0.3, 0.4) is 0 Å². The Balaban J connectivity index is 2.94. The first-order valence-corrected chi connectivity index (χ1v) is 4.53. The van der Waals surface area contributed by atoms with Crippen molar-refractivity contribution in [2.75, 3.05) is 5.73 Å². The summed E-state index contributed by atoms with van der Waals surface area (Å²) in [5.74, 6) is -0.127. The van der Waals surface area contributed by atoms with Crippen LogP contribution < -0.4 is 11.1 Å². The summed E-state index contributed by atoms with van der Waals surface area (Å²) >= 11 is 0. The summed E-state index contributed by atoms with van der Waals surface area (Å²) in [7, 11) is 0. The highest BCUT2D eigenvalue weighted by Gasteiger charge is 2.10. The molecule has 0 bridgehead atoms. The van der Waals surface area contributed by atoms with Gasteiger partial charge in [0.2, 0.25) is 0 Å². The van der Waals surface area contributed by atoms with Gasteiger partial charge >= 0.3 is 0 Å². The molecular weight excluding hydrogens is 178 g/mol. The molecule has 1 rings (SSSR count). The van der Waals surface area contributed by atoms with Crippen LogP contribution in [0.15, 0.2) is 12.3 Å². The van der Waals surface area contributed by atoms with Crippen LogP contribution in [-0.4, -0.2) is 16.9 Å². The lowest BCUT2D eigenvalue weighted by molar-refractivity contribution is 0.0942. The Bertz CT molecular complexity index is 347. The number of hydrogen-bond acceptors (Lipinski definition) is 3. The molecule has 3 N–H and O–H groups in total. The molecular formula is C10H15N3O. The number of rotatable bonds is 2. The second kappa shape index (κ2) is 4.09. The van der Waals surface area contributed by atoms with Gasteiger partial charge in [0.05, 0.1) is 23.1 Å². The van der Waals surface area contributed by atoms with Crippen molar-refractivity contribution in [3.05, 3.63) is 23.5 Å². The van der Waals surface area contributed by atoms with Crippen molar-refractivity contribution < 1.29 is 4.79 Å². The number of anilines is 1. The zero-order valence-corrected chi connectivity index (χ0v) is 8.66. The van der Waals surface area contributed by atoms with Gasteiger partial charge in [0.1, 0.15) is 0 Å². The van der Waals surface area contributed by atoms with Crippen molar-refractivity contribution in [3.8, 4) is 0 Å². The molecule has 4 heteroatoms. The topological polar surface area (TPSA) is 68.0 Å². The molecule has 0 saturated heterocycles. The summed E-state index contributed by atoms with van der Waals surface area (Å²) < 4.78 is 0. The molecule has 0 aliphatic rings. The molecule has 0 fully saturated rings. The lowest BCUT2D eigenvalue weighted by atomic mass is 10.1. The van der Waals surface area contributed by atoms with Gasteiger partial charge in [0.25, 0.3) is 5.91 Å². The van der Waals surface area contributed by atoms with E-state index in [1.807, 2.05) is 13.8 Å². The summed E-state index contributed by atoms with van der Waals surface area (Å²) in [6.45, 7) is 5.61. The van der Waals surface area contributed by atoms with Gasteiger partial charge in [-0.05, 0) is 26.8 Å². The molecule has 0 aliphatic carbocycles. The fraction of sp³-hybridized carbons (Fsp3) is 0.400. The minimum Gasteiger partial charge on any atom is -0.397 e. The summed E-state index contributed by atoms with van der Waals surface area (Å²) in [6, 6.07) is 1.75. The summed E-state index contributed by atoms with van der Waals surface area (Å²) in [5, 5.41) is 2.79. The maximum Gasteiger partial charge on any atom is 0.253 e. The van der Waals surface area contributed by atoms with Gasteiger partial charge in [-0.15, -0.1) is 0 Å². The second-order valence-corrected chi connectivity index (χ2v) is 3.53. The van der Waals surface area contributed by atoms with Crippen molar-refractivity contribution in [3.63, 3.8) is 0 Å². The number of carbonyl (C=O) groups is 1. The van der Waals surface area contributed by atoms with Crippen LogP contribution in [0.4, 0.5) is 5.69 Å². The van der Waals surface area contributed by atoms with E-state index in [9.17, 15) is 4.79 Å². The first-order valence-electron chi connectivity index (χ1n) is 4.53. The number of nitrogen functional groups attached to an aromatic ring is 1. The number of aromatic nitrogens is 1. The van der Waals surface area contributed by atoms with Gasteiger partial charge in [-0.1, -0.05) is 0 Å². The third kappa shape index (κ3) is 2.45. The van der Waals surface area contributed by atoms with E-state index in [0.717, 1.165) is 0 Å². The Morgan fingerprint density at radius 2 is 2.21 bits per heavy atom. The molecule has 1 aromatic heterocycles. The Labute approximate surface area is 83.5 Å². The molecule has 76 valence electrons. The van der Waals surface area contributed by atoms with Crippen molar-refractivity contribution in [1.29, 1.82) is 0 Å². The van der Waals surface area contributed by atoms with Gasteiger partial charge in [0, 0.05) is 6.04 Å². The van der Waals surface area contributed by atoms with Gasteiger partial charge < -0.3 is 11.1 Å². The predicted octanol–water partition coefficient (Wildman–Crippen LogP) is 1.11. The van der Waals surface area contributed by atoms with E-state index >= 15 is 0 Å². The van der Waals surface area contributed by atoms with Crippen molar-refractivity contribution in [2.45, 2.75) is 26.8 Å². The van der Waals surface area contributed by atoms with E-state index in [-0.39, 0.29) is 11.9 Å². The largest absolute Gasteiger partial charge is 0.397 e. The van der Waals surface area contributed by atoms with Gasteiger partial charge in [-0.25, -0.2) is 0 Å². The lowest BCUT2D eigenvalue weighted by Crippen LogP contribution is -2.30. The number of carbonyl (C=O) groups excluding carboxylic acids is 1. The Morgan fingerprint density at radius 3 is 2.79 bits per heavy atom. The molecule has 14 heavy (non-hydrogen) atoms. The molecule has 0 spiro atoms. The smallest absolute Gasteiger partial charge is 0.253 e. The van der Waals surface area contributed by atoms with Crippen LogP contribution in [0.25, 0.3) is 0 Å². The van der Waals surface area contributed by atoms with Crippen molar-refractivity contribution >= 4 is 11.6 Å². The normalized spacial score (nSPS) is 10.3. The van der Waals surface area contributed by atoms with Gasteiger partial charge in [0.15, 0.2) is 0 Å². The Kier molecular flexibility index (Phi) is 3.06. The molecule has 1 heterocycles. The van der Waals surface area contributed by atoms with Crippen molar-refractivity contribution in [2.24, 2.45) is 0 Å². The van der Waals surface area contributed by atoms with Crippen LogP contribution in [0, 0.1) is 6.92 Å². The number of pyridine rings is 1. The predicted molar refractivity (Wildman–Crippen MR) is 56.0 cm³/mol. The lowest BCUT2D eigenvalue weighted by Gasteiger charge is -2.10. The van der Waals surface area contributed by atoms with Gasteiger partial charge in [-0.2, -0.15) is 0 Å². The molecule has 0 radical (unpaired) electrons.